The van der Waals surface area contributed by atoms with Crippen LogP contribution in [-0.4, -0.2) is 58.4 Å². The number of carboxylic acids is 2. The third kappa shape index (κ3) is 5.27. The van der Waals surface area contributed by atoms with Crippen molar-refractivity contribution in [2.75, 3.05) is 20.3 Å². The molecule has 1 amide bonds. The van der Waals surface area contributed by atoms with E-state index in [0.29, 0.717) is 33.6 Å². The van der Waals surface area contributed by atoms with Crippen molar-refractivity contribution in [3.63, 3.8) is 0 Å². The topological polar surface area (TPSA) is 126 Å². The molecule has 2 aromatic carbocycles. The van der Waals surface area contributed by atoms with Gasteiger partial charge in [-0.15, -0.1) is 0 Å². The number of nitrogens with zero attached hydrogens (tertiary/aromatic N) is 2. The van der Waals surface area contributed by atoms with Gasteiger partial charge in [-0.05, 0) is 66.7 Å². The third-order valence-corrected chi connectivity index (χ3v) is 5.39. The zero-order valence-electron chi connectivity index (χ0n) is 17.3. The lowest BCUT2D eigenvalue weighted by Crippen LogP contribution is -2.28. The molecule has 0 radical (unpaired) electrons. The van der Waals surface area contributed by atoms with Crippen LogP contribution in [0.5, 0.6) is 11.5 Å². The number of hydrogen-bond acceptors (Lipinski definition) is 7. The summed E-state index contributed by atoms with van der Waals surface area (Å²) in [4.78, 5) is 41.0. The van der Waals surface area contributed by atoms with E-state index in [0.717, 1.165) is 0 Å². The number of aromatic carboxylic acids is 1. The molecule has 10 heteroatoms. The van der Waals surface area contributed by atoms with Gasteiger partial charge >= 0.3 is 11.9 Å². The quantitative estimate of drug-likeness (QED) is 0.578. The zero-order valence-corrected chi connectivity index (χ0v) is 18.1. The molecule has 2 aromatic rings. The van der Waals surface area contributed by atoms with Crippen molar-refractivity contribution in [3.05, 3.63) is 58.5 Å². The number of ether oxygens (including phenoxy) is 2. The average Bonchev–Trinajstić information content (AvgIpc) is 3.06. The second kappa shape index (κ2) is 10.0. The molecule has 3 rings (SSSR count). The van der Waals surface area contributed by atoms with Crippen LogP contribution in [0.3, 0.4) is 0 Å². The van der Waals surface area contributed by atoms with Crippen molar-refractivity contribution in [3.8, 4) is 11.5 Å². The molecule has 32 heavy (non-hydrogen) atoms. The van der Waals surface area contributed by atoms with E-state index in [-0.39, 0.29) is 17.2 Å². The zero-order chi connectivity index (χ0) is 23.3. The van der Waals surface area contributed by atoms with Crippen molar-refractivity contribution < 1.29 is 34.1 Å². The summed E-state index contributed by atoms with van der Waals surface area (Å²) in [5.74, 6) is -1.70. The normalized spacial score (nSPS) is 15.9. The van der Waals surface area contributed by atoms with Gasteiger partial charge in [-0.1, -0.05) is 6.07 Å². The van der Waals surface area contributed by atoms with Gasteiger partial charge in [-0.2, -0.15) is 0 Å². The van der Waals surface area contributed by atoms with Crippen molar-refractivity contribution in [1.82, 2.24) is 4.90 Å². The molecule has 0 spiro atoms. The number of hydrogen-bond donors (Lipinski definition) is 2. The second-order valence-electron chi connectivity index (χ2n) is 6.50. The summed E-state index contributed by atoms with van der Waals surface area (Å²) in [6.07, 6.45) is 1.69. The summed E-state index contributed by atoms with van der Waals surface area (Å²) < 4.78 is 10.5. The molecule has 0 aliphatic carbocycles. The Hall–Kier alpha value is -3.79. The summed E-state index contributed by atoms with van der Waals surface area (Å²) in [5, 5.41) is 18.3. The maximum absolute atomic E-state index is 12.8. The van der Waals surface area contributed by atoms with E-state index in [9.17, 15) is 14.4 Å². The van der Waals surface area contributed by atoms with Crippen molar-refractivity contribution in [1.29, 1.82) is 0 Å². The summed E-state index contributed by atoms with van der Waals surface area (Å²) in [6, 6.07) is 11.0. The Morgan fingerprint density at radius 2 is 1.84 bits per heavy atom. The molecular formula is C22H20N2O7S. The van der Waals surface area contributed by atoms with Crippen LogP contribution < -0.4 is 9.47 Å². The predicted molar refractivity (Wildman–Crippen MR) is 120 cm³/mol. The number of thioether (sulfide) groups is 1. The number of carbonyl (C=O) groups excluding carboxylic acids is 1. The van der Waals surface area contributed by atoms with E-state index < -0.39 is 18.5 Å². The minimum atomic E-state index is -1.10. The van der Waals surface area contributed by atoms with E-state index in [1.807, 2.05) is 6.92 Å². The second-order valence-corrected chi connectivity index (χ2v) is 7.51. The van der Waals surface area contributed by atoms with Gasteiger partial charge in [0.15, 0.2) is 23.3 Å². The maximum Gasteiger partial charge on any atom is 0.341 e. The Balaban J connectivity index is 1.86. The van der Waals surface area contributed by atoms with Gasteiger partial charge in [-0.3, -0.25) is 9.69 Å². The number of amides is 1. The van der Waals surface area contributed by atoms with Gasteiger partial charge < -0.3 is 19.7 Å². The number of carbonyl (C=O) groups is 3. The molecule has 1 saturated heterocycles. The van der Waals surface area contributed by atoms with Crippen molar-refractivity contribution in [2.45, 2.75) is 6.92 Å². The van der Waals surface area contributed by atoms with E-state index in [1.54, 1.807) is 36.4 Å². The van der Waals surface area contributed by atoms with Gasteiger partial charge in [0.2, 0.25) is 0 Å². The van der Waals surface area contributed by atoms with Crippen LogP contribution in [0, 0.1) is 0 Å². The predicted octanol–water partition coefficient (Wildman–Crippen LogP) is 3.48. The fraction of sp³-hybridized carbons (Fsp3) is 0.182. The lowest BCUT2D eigenvalue weighted by atomic mass is 10.2. The number of carboxylic acid groups (broad SMARTS) is 2. The van der Waals surface area contributed by atoms with Crippen LogP contribution in [0.2, 0.25) is 0 Å². The molecule has 2 N–H and O–H groups in total. The molecule has 0 aromatic heterocycles. The van der Waals surface area contributed by atoms with Crippen LogP contribution in [0.15, 0.2) is 52.4 Å². The Morgan fingerprint density at radius 1 is 1.12 bits per heavy atom. The first-order chi connectivity index (χ1) is 15.3. The van der Waals surface area contributed by atoms with Gasteiger partial charge in [0.25, 0.3) is 5.91 Å². The van der Waals surface area contributed by atoms with Gasteiger partial charge in [0.05, 0.1) is 23.3 Å². The molecule has 0 bridgehead atoms. The number of aliphatic carboxylic acids is 1. The molecule has 1 fully saturated rings. The molecule has 9 nitrogen and oxygen atoms in total. The molecule has 0 saturated carbocycles. The number of amidine groups is 1. The maximum atomic E-state index is 12.8. The number of likely N-dealkylation sites (N-methyl/N-ethyl adjacent to an activating group) is 1. The molecule has 0 unspecified atom stereocenters. The number of rotatable bonds is 8. The van der Waals surface area contributed by atoms with Crippen LogP contribution in [0.1, 0.15) is 22.8 Å². The SMILES string of the molecule is CCN1C(=O)/C(=C/c2ccc(OCC(=O)O)c(OC)c2)SC1=Nc1ccc(C(=O)O)cc1. The standard InChI is InChI=1S/C22H20N2O7S/c1-3-24-20(27)18(32-22(24)23-15-7-5-14(6-8-15)21(28)29)11-13-4-9-16(17(10-13)30-2)31-12-19(25)26/h4-11H,3,12H2,1-2H3,(H,25,26)(H,28,29)/b18-11-,23-22?. The highest BCUT2D eigenvalue weighted by molar-refractivity contribution is 8.18. The van der Waals surface area contributed by atoms with E-state index in [4.69, 9.17) is 19.7 Å². The Morgan fingerprint density at radius 3 is 2.44 bits per heavy atom. The molecule has 1 heterocycles. The molecule has 0 atom stereocenters. The van der Waals surface area contributed by atoms with Crippen molar-refractivity contribution >= 4 is 46.5 Å². The summed E-state index contributed by atoms with van der Waals surface area (Å²) >= 11 is 1.20. The molecular weight excluding hydrogens is 436 g/mol. The van der Waals surface area contributed by atoms with Crippen LogP contribution in [0.25, 0.3) is 6.08 Å². The van der Waals surface area contributed by atoms with Crippen LogP contribution in [0.4, 0.5) is 5.69 Å². The Labute approximate surface area is 188 Å². The van der Waals surface area contributed by atoms with Gasteiger partial charge in [0.1, 0.15) is 0 Å². The van der Waals surface area contributed by atoms with Crippen LogP contribution in [-0.2, 0) is 9.59 Å². The van der Waals surface area contributed by atoms with Gasteiger partial charge in [-0.25, -0.2) is 14.6 Å². The first-order valence-electron chi connectivity index (χ1n) is 9.48. The Bertz CT molecular complexity index is 1110. The highest BCUT2D eigenvalue weighted by atomic mass is 32.2. The summed E-state index contributed by atoms with van der Waals surface area (Å²) in [5.41, 5.74) is 1.36. The van der Waals surface area contributed by atoms with Crippen LogP contribution >= 0.6 is 11.8 Å². The average molecular weight is 456 g/mol. The summed E-state index contributed by atoms with van der Waals surface area (Å²) in [7, 11) is 1.44. The van der Waals surface area contributed by atoms with E-state index >= 15 is 0 Å². The largest absolute Gasteiger partial charge is 0.493 e. The van der Waals surface area contributed by atoms with Crippen molar-refractivity contribution in [2.24, 2.45) is 4.99 Å². The molecule has 1 aliphatic heterocycles. The first kappa shape index (κ1) is 22.9. The summed E-state index contributed by atoms with van der Waals surface area (Å²) in [6.45, 7) is 1.76. The lowest BCUT2D eigenvalue weighted by molar-refractivity contribution is -0.139. The lowest BCUT2D eigenvalue weighted by Gasteiger charge is -2.12. The fourth-order valence-electron chi connectivity index (χ4n) is 2.84. The number of methoxy groups -OCH3 is 1. The molecule has 166 valence electrons. The van der Waals surface area contributed by atoms with E-state index in [2.05, 4.69) is 4.99 Å². The van der Waals surface area contributed by atoms with E-state index in [1.165, 1.54) is 35.9 Å². The smallest absolute Gasteiger partial charge is 0.341 e. The highest BCUT2D eigenvalue weighted by Gasteiger charge is 2.32. The fourth-order valence-corrected chi connectivity index (χ4v) is 3.91. The highest BCUT2D eigenvalue weighted by Crippen LogP contribution is 2.35. The van der Waals surface area contributed by atoms with Gasteiger partial charge in [0, 0.05) is 6.54 Å². The Kier molecular flexibility index (Phi) is 7.16. The third-order valence-electron chi connectivity index (χ3n) is 4.38. The number of benzene rings is 2. The molecule has 1 aliphatic rings. The number of aliphatic imine (C=N–C) groups is 1. The minimum absolute atomic E-state index is 0.154. The first-order valence-corrected chi connectivity index (χ1v) is 10.3. The minimum Gasteiger partial charge on any atom is -0.493 e. The monoisotopic (exact) mass is 456 g/mol.